The van der Waals surface area contributed by atoms with Crippen molar-refractivity contribution in [2.45, 2.75) is 0 Å². The molecule has 0 radical (unpaired) electrons. The fourth-order valence-electron chi connectivity index (χ4n) is 2.13. The van der Waals surface area contributed by atoms with Gasteiger partial charge in [-0.3, -0.25) is 19.7 Å². The molecule has 1 fully saturated rings. The van der Waals surface area contributed by atoms with Gasteiger partial charge in [-0.15, -0.1) is 0 Å². The second kappa shape index (κ2) is 3.27. The maximum Gasteiger partial charge on any atom is 0.333 e. The molecule has 88 valence electrons. The molecule has 0 spiro atoms. The van der Waals surface area contributed by atoms with E-state index >= 15 is 0 Å². The summed E-state index contributed by atoms with van der Waals surface area (Å²) in [6.45, 7) is 0. The molecule has 3 N–H and O–H groups in total. The van der Waals surface area contributed by atoms with Crippen molar-refractivity contribution in [3.63, 3.8) is 0 Å². The molecule has 0 aromatic carbocycles. The van der Waals surface area contributed by atoms with Crippen molar-refractivity contribution >= 4 is 23.8 Å². The second-order valence-corrected chi connectivity index (χ2v) is 3.68. The second-order valence-electron chi connectivity index (χ2n) is 3.68. The molecule has 17 heavy (non-hydrogen) atoms. The monoisotopic (exact) mass is 237 g/mol. The van der Waals surface area contributed by atoms with Crippen LogP contribution in [0.4, 0.5) is 0 Å². The fraction of sp³-hybridized carbons (Fsp3) is 0.200. The Balaban J connectivity index is 2.71. The summed E-state index contributed by atoms with van der Waals surface area (Å²) in [4.78, 5) is 45.4. The van der Waals surface area contributed by atoms with Gasteiger partial charge in [0.2, 0.25) is 11.8 Å². The Labute approximate surface area is 94.4 Å². The zero-order valence-electron chi connectivity index (χ0n) is 8.34. The van der Waals surface area contributed by atoms with E-state index in [1.807, 2.05) is 5.32 Å². The summed E-state index contributed by atoms with van der Waals surface area (Å²) in [5.41, 5.74) is -2.96. The molecular formula is C10H7NO6. The van der Waals surface area contributed by atoms with Gasteiger partial charge >= 0.3 is 11.9 Å². The van der Waals surface area contributed by atoms with E-state index in [-0.39, 0.29) is 0 Å². The summed E-state index contributed by atoms with van der Waals surface area (Å²) in [6.07, 6.45) is 3.49. The first kappa shape index (κ1) is 11.1. The number of fused-ring (bicyclic) bond motifs is 1. The Morgan fingerprint density at radius 3 is 2.47 bits per heavy atom. The summed E-state index contributed by atoms with van der Waals surface area (Å²) < 4.78 is 0. The quantitative estimate of drug-likeness (QED) is 0.414. The topological polar surface area (TPSA) is 121 Å². The number of imide groups is 1. The van der Waals surface area contributed by atoms with E-state index in [9.17, 15) is 19.2 Å². The van der Waals surface area contributed by atoms with Crippen LogP contribution in [0.3, 0.4) is 0 Å². The van der Waals surface area contributed by atoms with Crippen molar-refractivity contribution in [2.24, 2.45) is 11.3 Å². The Morgan fingerprint density at radius 1 is 1.29 bits per heavy atom. The molecule has 2 aliphatic rings. The zero-order chi connectivity index (χ0) is 12.8. The number of carbonyl (C=O) groups excluding carboxylic acids is 2. The van der Waals surface area contributed by atoms with Crippen LogP contribution in [0.25, 0.3) is 0 Å². The van der Waals surface area contributed by atoms with Crippen LogP contribution in [0.5, 0.6) is 0 Å². The Bertz CT molecular complexity index is 517. The maximum atomic E-state index is 11.6. The van der Waals surface area contributed by atoms with E-state index in [1.165, 1.54) is 12.2 Å². The summed E-state index contributed by atoms with van der Waals surface area (Å²) >= 11 is 0. The van der Waals surface area contributed by atoms with Crippen LogP contribution in [0, 0.1) is 11.3 Å². The third-order valence-electron chi connectivity index (χ3n) is 2.90. The smallest absolute Gasteiger partial charge is 0.333 e. The molecule has 1 heterocycles. The largest absolute Gasteiger partial charge is 0.480 e. The first-order valence-corrected chi connectivity index (χ1v) is 4.63. The van der Waals surface area contributed by atoms with Gasteiger partial charge in [0.1, 0.15) is 0 Å². The summed E-state index contributed by atoms with van der Waals surface area (Å²) in [6, 6.07) is 0. The predicted molar refractivity (Wildman–Crippen MR) is 51.6 cm³/mol. The van der Waals surface area contributed by atoms with E-state index in [2.05, 4.69) is 0 Å². The van der Waals surface area contributed by atoms with Crippen LogP contribution in [0.1, 0.15) is 0 Å². The molecule has 1 saturated heterocycles. The van der Waals surface area contributed by atoms with Gasteiger partial charge in [0.05, 0.1) is 11.5 Å². The zero-order valence-corrected chi connectivity index (χ0v) is 8.34. The summed E-state index contributed by atoms with van der Waals surface area (Å²) in [5.74, 6) is -6.42. The highest BCUT2D eigenvalue weighted by atomic mass is 16.4. The summed E-state index contributed by atoms with van der Waals surface area (Å²) in [5, 5.41) is 20.0. The van der Waals surface area contributed by atoms with Gasteiger partial charge in [0.25, 0.3) is 0 Å². The predicted octanol–water partition coefficient (Wildman–Crippen LogP) is -1.09. The first-order chi connectivity index (χ1) is 7.92. The number of hydrogen-bond donors (Lipinski definition) is 3. The highest BCUT2D eigenvalue weighted by Crippen LogP contribution is 2.44. The molecule has 7 heteroatoms. The molecule has 2 atom stereocenters. The number of carboxylic acid groups (broad SMARTS) is 2. The van der Waals surface area contributed by atoms with Gasteiger partial charge in [0.15, 0.2) is 5.41 Å². The van der Waals surface area contributed by atoms with Crippen LogP contribution in [0.2, 0.25) is 0 Å². The number of aliphatic carboxylic acids is 2. The van der Waals surface area contributed by atoms with Gasteiger partial charge in [0, 0.05) is 0 Å². The summed E-state index contributed by atoms with van der Waals surface area (Å²) in [7, 11) is 0. The number of hydrogen-bond acceptors (Lipinski definition) is 4. The SMILES string of the molecule is O=C(O)C1=CC=CC2C(=O)NC(=O)C12C(=O)O. The molecule has 2 rings (SSSR count). The van der Waals surface area contributed by atoms with Gasteiger partial charge in [-0.25, -0.2) is 4.79 Å². The lowest BCUT2D eigenvalue weighted by molar-refractivity contribution is -0.156. The third-order valence-corrected chi connectivity index (χ3v) is 2.90. The van der Waals surface area contributed by atoms with E-state index in [1.54, 1.807) is 0 Å². The average molecular weight is 237 g/mol. The van der Waals surface area contributed by atoms with Crippen LogP contribution < -0.4 is 5.32 Å². The number of amides is 2. The van der Waals surface area contributed by atoms with E-state index in [0.29, 0.717) is 0 Å². The lowest BCUT2D eigenvalue weighted by Gasteiger charge is -2.27. The lowest BCUT2D eigenvalue weighted by Crippen LogP contribution is -2.47. The van der Waals surface area contributed by atoms with E-state index < -0.39 is 40.7 Å². The van der Waals surface area contributed by atoms with Crippen LogP contribution in [-0.2, 0) is 19.2 Å². The number of nitrogens with one attached hydrogen (secondary N) is 1. The normalized spacial score (nSPS) is 30.6. The van der Waals surface area contributed by atoms with Gasteiger partial charge in [-0.05, 0) is 0 Å². The van der Waals surface area contributed by atoms with E-state index in [4.69, 9.17) is 10.2 Å². The standard InChI is InChI=1S/C10H7NO6/c12-6-4-2-1-3-5(7(13)14)10(4,9(16)17)8(15)11-6/h1-4H,(H,13,14)(H,16,17)(H,11,12,15). The van der Waals surface area contributed by atoms with Crippen molar-refractivity contribution in [3.8, 4) is 0 Å². The number of carbonyl (C=O) groups is 4. The Morgan fingerprint density at radius 2 is 1.94 bits per heavy atom. The van der Waals surface area contributed by atoms with Gasteiger partial charge < -0.3 is 10.2 Å². The minimum Gasteiger partial charge on any atom is -0.480 e. The van der Waals surface area contributed by atoms with Crippen LogP contribution in [0.15, 0.2) is 23.8 Å². The first-order valence-electron chi connectivity index (χ1n) is 4.63. The van der Waals surface area contributed by atoms with Crippen molar-refractivity contribution < 1.29 is 29.4 Å². The lowest BCUT2D eigenvalue weighted by atomic mass is 9.69. The highest BCUT2D eigenvalue weighted by molar-refractivity contribution is 6.23. The molecule has 0 aromatic heterocycles. The van der Waals surface area contributed by atoms with Crippen molar-refractivity contribution in [1.82, 2.24) is 5.32 Å². The Kier molecular flexibility index (Phi) is 2.13. The maximum absolute atomic E-state index is 11.6. The van der Waals surface area contributed by atoms with Gasteiger partial charge in [-0.2, -0.15) is 0 Å². The molecule has 2 unspecified atom stereocenters. The Hall–Kier alpha value is -2.44. The molecule has 1 aliphatic carbocycles. The molecule has 0 saturated carbocycles. The van der Waals surface area contributed by atoms with E-state index in [0.717, 1.165) is 6.08 Å². The molecule has 1 aliphatic heterocycles. The van der Waals surface area contributed by atoms with Crippen molar-refractivity contribution in [1.29, 1.82) is 0 Å². The number of allylic oxidation sites excluding steroid dienone is 2. The fourth-order valence-corrected chi connectivity index (χ4v) is 2.13. The van der Waals surface area contributed by atoms with Crippen LogP contribution in [-0.4, -0.2) is 34.0 Å². The molecular weight excluding hydrogens is 230 g/mol. The average Bonchev–Trinajstić information content (AvgIpc) is 2.51. The molecule has 0 bridgehead atoms. The highest BCUT2D eigenvalue weighted by Gasteiger charge is 2.64. The van der Waals surface area contributed by atoms with Crippen molar-refractivity contribution in [3.05, 3.63) is 23.8 Å². The minimum atomic E-state index is -2.35. The van der Waals surface area contributed by atoms with Crippen molar-refractivity contribution in [2.75, 3.05) is 0 Å². The minimum absolute atomic E-state index is 0.610. The molecule has 7 nitrogen and oxygen atoms in total. The molecule has 0 aromatic rings. The molecule has 2 amide bonds. The number of rotatable bonds is 2. The number of carboxylic acids is 2. The third kappa shape index (κ3) is 1.16. The van der Waals surface area contributed by atoms with Gasteiger partial charge in [-0.1, -0.05) is 18.2 Å². The van der Waals surface area contributed by atoms with Crippen LogP contribution >= 0.6 is 0 Å².